The quantitative estimate of drug-likeness (QED) is 0.780. The normalized spacial score (nSPS) is 10.5. The molecule has 0 aliphatic carbocycles. The van der Waals surface area contributed by atoms with Crippen LogP contribution >= 0.6 is 11.3 Å². The fourth-order valence-electron chi connectivity index (χ4n) is 2.16. The highest BCUT2D eigenvalue weighted by Crippen LogP contribution is 2.11. The molecule has 1 amide bonds. The van der Waals surface area contributed by atoms with Crippen molar-refractivity contribution in [3.63, 3.8) is 0 Å². The summed E-state index contributed by atoms with van der Waals surface area (Å²) in [5.41, 5.74) is 2.43. The lowest BCUT2D eigenvalue weighted by molar-refractivity contribution is -0.116. The van der Waals surface area contributed by atoms with Crippen molar-refractivity contribution in [2.24, 2.45) is 0 Å². The van der Waals surface area contributed by atoms with Gasteiger partial charge in [-0.2, -0.15) is 16.6 Å². The molecule has 1 heterocycles. The number of rotatable bonds is 8. The molecular formula is C17H19N3O2S. The third kappa shape index (κ3) is 5.83. The SMILES string of the molecule is N#Cc1ccc(NC(=O)CCN(CCO)Cc2ccsc2)cc1. The maximum absolute atomic E-state index is 12.0. The summed E-state index contributed by atoms with van der Waals surface area (Å²) in [4.78, 5) is 14.1. The number of nitrogens with zero attached hydrogens (tertiary/aromatic N) is 2. The Morgan fingerprint density at radius 2 is 2.04 bits per heavy atom. The Morgan fingerprint density at radius 3 is 2.65 bits per heavy atom. The molecule has 2 N–H and O–H groups in total. The molecule has 0 aliphatic heterocycles. The van der Waals surface area contributed by atoms with Gasteiger partial charge in [-0.25, -0.2) is 0 Å². The predicted molar refractivity (Wildman–Crippen MR) is 91.1 cm³/mol. The molecule has 23 heavy (non-hydrogen) atoms. The number of carbonyl (C=O) groups is 1. The first-order valence-corrected chi connectivity index (χ1v) is 8.30. The fraction of sp³-hybridized carbons (Fsp3) is 0.294. The summed E-state index contributed by atoms with van der Waals surface area (Å²) in [7, 11) is 0. The minimum atomic E-state index is -0.0806. The Morgan fingerprint density at radius 1 is 1.26 bits per heavy atom. The molecule has 1 aromatic heterocycles. The van der Waals surface area contributed by atoms with Gasteiger partial charge in [0.1, 0.15) is 0 Å². The molecule has 0 saturated carbocycles. The highest BCUT2D eigenvalue weighted by Gasteiger charge is 2.09. The van der Waals surface area contributed by atoms with Crippen LogP contribution in [0.25, 0.3) is 0 Å². The van der Waals surface area contributed by atoms with E-state index in [-0.39, 0.29) is 12.5 Å². The molecule has 120 valence electrons. The summed E-state index contributed by atoms with van der Waals surface area (Å²) in [5, 5.41) is 24.8. The first-order chi connectivity index (χ1) is 11.2. The van der Waals surface area contributed by atoms with E-state index < -0.39 is 0 Å². The lowest BCUT2D eigenvalue weighted by atomic mass is 10.2. The van der Waals surface area contributed by atoms with Gasteiger partial charge < -0.3 is 10.4 Å². The van der Waals surface area contributed by atoms with E-state index in [1.54, 1.807) is 35.6 Å². The highest BCUT2D eigenvalue weighted by molar-refractivity contribution is 7.07. The Hall–Kier alpha value is -2.20. The number of anilines is 1. The van der Waals surface area contributed by atoms with Crippen LogP contribution in [-0.4, -0.2) is 35.6 Å². The van der Waals surface area contributed by atoms with E-state index in [1.165, 1.54) is 5.56 Å². The van der Waals surface area contributed by atoms with Gasteiger partial charge in [0, 0.05) is 31.7 Å². The molecule has 0 radical (unpaired) electrons. The summed E-state index contributed by atoms with van der Waals surface area (Å²) in [6.45, 7) is 1.92. The Kier molecular flexibility index (Phi) is 6.76. The number of nitriles is 1. The van der Waals surface area contributed by atoms with E-state index in [9.17, 15) is 4.79 Å². The average molecular weight is 329 g/mol. The molecule has 0 atom stereocenters. The molecule has 0 saturated heterocycles. The molecule has 0 spiro atoms. The molecular weight excluding hydrogens is 310 g/mol. The maximum Gasteiger partial charge on any atom is 0.225 e. The van der Waals surface area contributed by atoms with Crippen LogP contribution in [0, 0.1) is 11.3 Å². The second-order valence-electron chi connectivity index (χ2n) is 5.12. The van der Waals surface area contributed by atoms with Crippen molar-refractivity contribution in [3.8, 4) is 6.07 Å². The van der Waals surface area contributed by atoms with E-state index in [0.717, 1.165) is 6.54 Å². The van der Waals surface area contributed by atoms with Crippen LogP contribution in [0.4, 0.5) is 5.69 Å². The first-order valence-electron chi connectivity index (χ1n) is 7.35. The van der Waals surface area contributed by atoms with Gasteiger partial charge in [0.25, 0.3) is 0 Å². The molecule has 1 aromatic carbocycles. The zero-order chi connectivity index (χ0) is 16.5. The average Bonchev–Trinajstić information content (AvgIpc) is 3.06. The molecule has 0 aliphatic rings. The molecule has 5 nitrogen and oxygen atoms in total. The lowest BCUT2D eigenvalue weighted by Gasteiger charge is -2.20. The zero-order valence-electron chi connectivity index (χ0n) is 12.7. The van der Waals surface area contributed by atoms with Gasteiger partial charge in [-0.3, -0.25) is 9.69 Å². The number of aliphatic hydroxyl groups is 1. The molecule has 0 fully saturated rings. The minimum absolute atomic E-state index is 0.0708. The molecule has 0 bridgehead atoms. The van der Waals surface area contributed by atoms with Crippen molar-refractivity contribution in [1.29, 1.82) is 5.26 Å². The summed E-state index contributed by atoms with van der Waals surface area (Å²) in [5.74, 6) is -0.0806. The van der Waals surface area contributed by atoms with Gasteiger partial charge in [0.05, 0.1) is 18.2 Å². The summed E-state index contributed by atoms with van der Waals surface area (Å²) >= 11 is 1.64. The van der Waals surface area contributed by atoms with Crippen molar-refractivity contribution in [3.05, 3.63) is 52.2 Å². The van der Waals surface area contributed by atoms with Gasteiger partial charge >= 0.3 is 0 Å². The number of thiophene rings is 1. The largest absolute Gasteiger partial charge is 0.395 e. The van der Waals surface area contributed by atoms with Crippen molar-refractivity contribution in [2.45, 2.75) is 13.0 Å². The van der Waals surface area contributed by atoms with Crippen molar-refractivity contribution < 1.29 is 9.90 Å². The number of hydrogen-bond donors (Lipinski definition) is 2. The van der Waals surface area contributed by atoms with E-state index in [4.69, 9.17) is 10.4 Å². The predicted octanol–water partition coefficient (Wildman–Crippen LogP) is 2.44. The first kappa shape index (κ1) is 17.2. The molecule has 2 rings (SSSR count). The second kappa shape index (κ2) is 9.06. The number of carbonyl (C=O) groups excluding carboxylic acids is 1. The number of amides is 1. The van der Waals surface area contributed by atoms with E-state index in [2.05, 4.69) is 15.6 Å². The van der Waals surface area contributed by atoms with Gasteiger partial charge in [-0.15, -0.1) is 0 Å². The van der Waals surface area contributed by atoms with Crippen LogP contribution in [0.15, 0.2) is 41.1 Å². The molecule has 0 unspecified atom stereocenters. The number of aliphatic hydroxyl groups excluding tert-OH is 1. The highest BCUT2D eigenvalue weighted by atomic mass is 32.1. The lowest BCUT2D eigenvalue weighted by Crippen LogP contribution is -2.30. The summed E-state index contributed by atoms with van der Waals surface area (Å²) in [6, 6.07) is 10.9. The molecule has 2 aromatic rings. The van der Waals surface area contributed by atoms with Gasteiger partial charge in [0.15, 0.2) is 0 Å². The van der Waals surface area contributed by atoms with Gasteiger partial charge in [-0.1, -0.05) is 0 Å². The monoisotopic (exact) mass is 329 g/mol. The summed E-state index contributed by atoms with van der Waals surface area (Å²) < 4.78 is 0. The third-order valence-corrected chi connectivity index (χ3v) is 4.09. The van der Waals surface area contributed by atoms with Crippen LogP contribution in [-0.2, 0) is 11.3 Å². The van der Waals surface area contributed by atoms with E-state index >= 15 is 0 Å². The Bertz CT molecular complexity index is 647. The van der Waals surface area contributed by atoms with Gasteiger partial charge in [0.2, 0.25) is 5.91 Å². The van der Waals surface area contributed by atoms with Crippen LogP contribution in [0.5, 0.6) is 0 Å². The zero-order valence-corrected chi connectivity index (χ0v) is 13.6. The number of nitrogens with one attached hydrogen (secondary N) is 1. The van der Waals surface area contributed by atoms with Crippen LogP contribution in [0.2, 0.25) is 0 Å². The fourth-order valence-corrected chi connectivity index (χ4v) is 2.82. The molecule has 6 heteroatoms. The van der Waals surface area contributed by atoms with Gasteiger partial charge in [-0.05, 0) is 46.7 Å². The summed E-state index contributed by atoms with van der Waals surface area (Å²) in [6.07, 6.45) is 0.351. The maximum atomic E-state index is 12.0. The Balaban J connectivity index is 1.81. The van der Waals surface area contributed by atoms with Crippen LogP contribution in [0.1, 0.15) is 17.5 Å². The second-order valence-corrected chi connectivity index (χ2v) is 5.90. The number of hydrogen-bond acceptors (Lipinski definition) is 5. The Labute approximate surface area is 139 Å². The van der Waals surface area contributed by atoms with E-state index in [1.807, 2.05) is 17.5 Å². The smallest absolute Gasteiger partial charge is 0.225 e. The van der Waals surface area contributed by atoms with Crippen molar-refractivity contribution in [2.75, 3.05) is 25.0 Å². The van der Waals surface area contributed by atoms with Crippen LogP contribution < -0.4 is 5.32 Å². The van der Waals surface area contributed by atoms with Crippen molar-refractivity contribution >= 4 is 22.9 Å². The van der Waals surface area contributed by atoms with E-state index in [0.29, 0.717) is 30.8 Å². The van der Waals surface area contributed by atoms with Crippen LogP contribution in [0.3, 0.4) is 0 Å². The topological polar surface area (TPSA) is 76.4 Å². The van der Waals surface area contributed by atoms with Crippen molar-refractivity contribution in [1.82, 2.24) is 4.90 Å². The standard InChI is InChI=1S/C17H19N3O2S/c18-11-14-1-3-16(4-2-14)19-17(22)5-7-20(8-9-21)12-15-6-10-23-13-15/h1-4,6,10,13,21H,5,7-9,12H2,(H,19,22). The third-order valence-electron chi connectivity index (χ3n) is 3.36. The minimum Gasteiger partial charge on any atom is -0.395 e. The number of benzene rings is 1.